The molecule has 0 fully saturated rings. The third-order valence-corrected chi connectivity index (χ3v) is 5.91. The molecule has 0 radical (unpaired) electrons. The molecule has 0 N–H and O–H groups in total. The lowest BCUT2D eigenvalue weighted by Gasteiger charge is -2.28. The Hall–Kier alpha value is -3.58. The molecule has 0 aliphatic carbocycles. The standard InChI is InChI=1S/C29H25N/c1-3-8-22-13-16-25(17-14-22)30-20-19-24-10-4-6-11-26(24)21(2)29-27-12-7-5-9-23(27)15-18-28(29)30/h4-7,9-20H,2-3,8H2,1H3/b20-19-. The molecule has 0 aromatic heterocycles. The van der Waals surface area contributed by atoms with Crippen molar-refractivity contribution < 1.29 is 0 Å². The third kappa shape index (κ3) is 3.13. The van der Waals surface area contributed by atoms with Gasteiger partial charge in [0.05, 0.1) is 5.69 Å². The van der Waals surface area contributed by atoms with Gasteiger partial charge in [-0.15, -0.1) is 0 Å². The molecule has 146 valence electrons. The summed E-state index contributed by atoms with van der Waals surface area (Å²) in [6.07, 6.45) is 6.65. The molecule has 1 heteroatoms. The summed E-state index contributed by atoms with van der Waals surface area (Å²) in [6.45, 7) is 6.78. The monoisotopic (exact) mass is 387 g/mol. The average molecular weight is 388 g/mol. The van der Waals surface area contributed by atoms with E-state index in [4.69, 9.17) is 0 Å². The van der Waals surface area contributed by atoms with Crippen molar-refractivity contribution >= 4 is 33.8 Å². The fourth-order valence-corrected chi connectivity index (χ4v) is 4.40. The molecule has 0 spiro atoms. The fraction of sp³-hybridized carbons (Fsp3) is 0.103. The smallest absolute Gasteiger partial charge is 0.0540 e. The maximum absolute atomic E-state index is 4.55. The fourth-order valence-electron chi connectivity index (χ4n) is 4.40. The van der Waals surface area contributed by atoms with E-state index in [0.717, 1.165) is 29.8 Å². The summed E-state index contributed by atoms with van der Waals surface area (Å²) in [5.74, 6) is 0. The van der Waals surface area contributed by atoms with E-state index < -0.39 is 0 Å². The molecular formula is C29H25N. The minimum atomic E-state index is 1.06. The maximum atomic E-state index is 4.55. The molecule has 0 saturated carbocycles. The van der Waals surface area contributed by atoms with E-state index in [1.54, 1.807) is 0 Å². The highest BCUT2D eigenvalue weighted by Gasteiger charge is 2.20. The Morgan fingerprint density at radius 1 is 0.800 bits per heavy atom. The minimum absolute atomic E-state index is 1.06. The van der Waals surface area contributed by atoms with Crippen LogP contribution in [0, 0.1) is 0 Å². The molecule has 0 unspecified atom stereocenters. The zero-order valence-corrected chi connectivity index (χ0v) is 17.3. The predicted octanol–water partition coefficient (Wildman–Crippen LogP) is 7.98. The molecule has 30 heavy (non-hydrogen) atoms. The van der Waals surface area contributed by atoms with E-state index in [9.17, 15) is 0 Å². The highest BCUT2D eigenvalue weighted by Crippen LogP contribution is 2.42. The summed E-state index contributed by atoms with van der Waals surface area (Å²) in [5.41, 5.74) is 8.34. The summed E-state index contributed by atoms with van der Waals surface area (Å²) in [5, 5.41) is 2.47. The van der Waals surface area contributed by atoms with Crippen molar-refractivity contribution in [3.8, 4) is 0 Å². The average Bonchev–Trinajstić information content (AvgIpc) is 2.79. The lowest BCUT2D eigenvalue weighted by atomic mass is 9.89. The molecule has 0 saturated heterocycles. The van der Waals surface area contributed by atoms with Crippen LogP contribution in [0.2, 0.25) is 0 Å². The van der Waals surface area contributed by atoms with Crippen LogP contribution in [0.3, 0.4) is 0 Å². The van der Waals surface area contributed by atoms with Crippen molar-refractivity contribution in [2.24, 2.45) is 0 Å². The summed E-state index contributed by atoms with van der Waals surface area (Å²) in [7, 11) is 0. The largest absolute Gasteiger partial charge is 0.317 e. The summed E-state index contributed by atoms with van der Waals surface area (Å²) >= 11 is 0. The van der Waals surface area contributed by atoms with Crippen molar-refractivity contribution in [1.29, 1.82) is 0 Å². The first-order chi connectivity index (χ1) is 14.8. The van der Waals surface area contributed by atoms with Crippen LogP contribution in [0.25, 0.3) is 22.4 Å². The third-order valence-electron chi connectivity index (χ3n) is 5.91. The van der Waals surface area contributed by atoms with Crippen molar-refractivity contribution in [2.45, 2.75) is 19.8 Å². The molecule has 1 heterocycles. The first-order valence-corrected chi connectivity index (χ1v) is 10.6. The Balaban J connectivity index is 1.77. The van der Waals surface area contributed by atoms with Gasteiger partial charge in [0.25, 0.3) is 0 Å². The molecule has 0 bridgehead atoms. The molecule has 0 amide bonds. The van der Waals surface area contributed by atoms with E-state index in [1.807, 2.05) is 0 Å². The quantitative estimate of drug-likeness (QED) is 0.344. The van der Waals surface area contributed by atoms with Crippen molar-refractivity contribution in [3.05, 3.63) is 120 Å². The minimum Gasteiger partial charge on any atom is -0.317 e. The highest BCUT2D eigenvalue weighted by molar-refractivity contribution is 6.05. The number of rotatable bonds is 3. The SMILES string of the molecule is C=C1c2ccccc2/C=C\N(c2ccc(CCC)cc2)c2ccc3ccccc3c21. The Labute approximate surface area is 178 Å². The van der Waals surface area contributed by atoms with Crippen LogP contribution in [-0.4, -0.2) is 0 Å². The Bertz CT molecular complexity index is 1260. The summed E-state index contributed by atoms with van der Waals surface area (Å²) < 4.78 is 0. The first-order valence-electron chi connectivity index (χ1n) is 10.6. The van der Waals surface area contributed by atoms with Gasteiger partial charge in [-0.25, -0.2) is 0 Å². The van der Waals surface area contributed by atoms with Crippen LogP contribution in [-0.2, 0) is 6.42 Å². The van der Waals surface area contributed by atoms with Crippen LogP contribution >= 0.6 is 0 Å². The molecule has 1 aliphatic rings. The molecule has 5 rings (SSSR count). The molecule has 4 aromatic rings. The van der Waals surface area contributed by atoms with Gasteiger partial charge in [-0.3, -0.25) is 0 Å². The Morgan fingerprint density at radius 2 is 1.57 bits per heavy atom. The normalized spacial score (nSPS) is 14.0. The number of aryl methyl sites for hydroxylation is 1. The van der Waals surface area contributed by atoms with Gasteiger partial charge >= 0.3 is 0 Å². The molecule has 0 atom stereocenters. The van der Waals surface area contributed by atoms with Crippen LogP contribution in [0.4, 0.5) is 11.4 Å². The molecule has 1 nitrogen and oxygen atoms in total. The van der Waals surface area contributed by atoms with Gasteiger partial charge in [-0.1, -0.05) is 86.7 Å². The Morgan fingerprint density at radius 3 is 2.40 bits per heavy atom. The van der Waals surface area contributed by atoms with Gasteiger partial charge < -0.3 is 4.90 Å². The predicted molar refractivity (Wildman–Crippen MR) is 130 cm³/mol. The molecule has 4 aromatic carbocycles. The van der Waals surface area contributed by atoms with Crippen LogP contribution in [0.1, 0.15) is 35.6 Å². The van der Waals surface area contributed by atoms with Gasteiger partial charge in [0.15, 0.2) is 0 Å². The van der Waals surface area contributed by atoms with Gasteiger partial charge in [-0.05, 0) is 63.7 Å². The number of benzene rings is 4. The highest BCUT2D eigenvalue weighted by atomic mass is 15.1. The Kier molecular flexibility index (Phi) is 4.72. The molecular weight excluding hydrogens is 362 g/mol. The number of fused-ring (bicyclic) bond motifs is 4. The zero-order valence-electron chi connectivity index (χ0n) is 17.3. The van der Waals surface area contributed by atoms with Crippen LogP contribution < -0.4 is 4.90 Å². The lowest BCUT2D eigenvalue weighted by Crippen LogP contribution is -2.13. The van der Waals surface area contributed by atoms with E-state index in [0.29, 0.717) is 0 Å². The first kappa shape index (κ1) is 18.4. The van der Waals surface area contributed by atoms with Crippen LogP contribution in [0.5, 0.6) is 0 Å². The van der Waals surface area contributed by atoms with E-state index in [-0.39, 0.29) is 0 Å². The van der Waals surface area contributed by atoms with Crippen molar-refractivity contribution in [2.75, 3.05) is 4.90 Å². The number of nitrogens with zero attached hydrogens (tertiary/aromatic N) is 1. The van der Waals surface area contributed by atoms with Gasteiger partial charge in [0, 0.05) is 17.5 Å². The maximum Gasteiger partial charge on any atom is 0.0540 e. The van der Waals surface area contributed by atoms with Crippen molar-refractivity contribution in [3.63, 3.8) is 0 Å². The second-order valence-electron chi connectivity index (χ2n) is 7.85. The van der Waals surface area contributed by atoms with Gasteiger partial charge in [0.2, 0.25) is 0 Å². The number of hydrogen-bond acceptors (Lipinski definition) is 1. The number of anilines is 2. The van der Waals surface area contributed by atoms with E-state index >= 15 is 0 Å². The van der Waals surface area contributed by atoms with Crippen molar-refractivity contribution in [1.82, 2.24) is 0 Å². The van der Waals surface area contributed by atoms with Crippen LogP contribution in [0.15, 0.2) is 97.7 Å². The van der Waals surface area contributed by atoms with Gasteiger partial charge in [0.1, 0.15) is 0 Å². The number of hydrogen-bond donors (Lipinski definition) is 0. The topological polar surface area (TPSA) is 3.24 Å². The second-order valence-corrected chi connectivity index (χ2v) is 7.85. The van der Waals surface area contributed by atoms with Gasteiger partial charge in [-0.2, -0.15) is 0 Å². The second kappa shape index (κ2) is 7.68. The zero-order chi connectivity index (χ0) is 20.5. The summed E-state index contributed by atoms with van der Waals surface area (Å²) in [6, 6.07) is 30.5. The lowest BCUT2D eigenvalue weighted by molar-refractivity contribution is 0.922. The van der Waals surface area contributed by atoms with E-state index in [2.05, 4.69) is 116 Å². The summed E-state index contributed by atoms with van der Waals surface area (Å²) in [4.78, 5) is 2.29. The molecule has 1 aliphatic heterocycles. The van der Waals surface area contributed by atoms with E-state index in [1.165, 1.54) is 33.0 Å².